The lowest BCUT2D eigenvalue weighted by molar-refractivity contribution is 0.316. The van der Waals surface area contributed by atoms with Crippen LogP contribution in [0.5, 0.6) is 0 Å². The summed E-state index contributed by atoms with van der Waals surface area (Å²) in [4.78, 5) is 2.43. The molecule has 2 nitrogen and oxygen atoms in total. The number of nitrogens with zero attached hydrogens (tertiary/aromatic N) is 1. The van der Waals surface area contributed by atoms with Gasteiger partial charge in [-0.05, 0) is 45.7 Å². The van der Waals surface area contributed by atoms with Crippen LogP contribution < -0.4 is 5.32 Å². The van der Waals surface area contributed by atoms with Gasteiger partial charge in [-0.25, -0.2) is 0 Å². The van der Waals surface area contributed by atoms with Gasteiger partial charge in [0.1, 0.15) is 0 Å². The predicted molar refractivity (Wildman–Crippen MR) is 62.6 cm³/mol. The van der Waals surface area contributed by atoms with Crippen LogP contribution in [0.1, 0.15) is 39.5 Å². The van der Waals surface area contributed by atoms with Gasteiger partial charge in [0.2, 0.25) is 0 Å². The normalized spacial score (nSPS) is 18.9. The fourth-order valence-corrected chi connectivity index (χ4v) is 1.79. The molecular weight excluding hydrogens is 172 g/mol. The van der Waals surface area contributed by atoms with Crippen LogP contribution in [0.15, 0.2) is 0 Å². The van der Waals surface area contributed by atoms with E-state index in [1.165, 1.54) is 38.8 Å². The lowest BCUT2D eigenvalue weighted by Crippen LogP contribution is -2.35. The van der Waals surface area contributed by atoms with E-state index in [2.05, 4.69) is 31.1 Å². The topological polar surface area (TPSA) is 15.3 Å². The first-order valence-electron chi connectivity index (χ1n) is 6.16. The summed E-state index contributed by atoms with van der Waals surface area (Å²) in [5.41, 5.74) is 0. The van der Waals surface area contributed by atoms with Crippen LogP contribution >= 0.6 is 0 Å². The summed E-state index contributed by atoms with van der Waals surface area (Å²) in [6, 6.07) is 0.745. The first kappa shape index (κ1) is 12.0. The molecule has 0 saturated heterocycles. The zero-order valence-electron chi connectivity index (χ0n) is 10.1. The highest BCUT2D eigenvalue weighted by molar-refractivity contribution is 4.83. The van der Waals surface area contributed by atoms with Crippen LogP contribution in [0.25, 0.3) is 0 Å². The Kier molecular flexibility index (Phi) is 5.49. The van der Waals surface area contributed by atoms with Crippen molar-refractivity contribution in [3.63, 3.8) is 0 Å². The second-order valence-electron chi connectivity index (χ2n) is 4.74. The molecule has 0 radical (unpaired) electrons. The molecule has 14 heavy (non-hydrogen) atoms. The molecule has 0 amide bonds. The van der Waals surface area contributed by atoms with Crippen molar-refractivity contribution >= 4 is 0 Å². The molecule has 0 heterocycles. The van der Waals surface area contributed by atoms with E-state index in [-0.39, 0.29) is 0 Å². The van der Waals surface area contributed by atoms with Crippen molar-refractivity contribution < 1.29 is 0 Å². The Morgan fingerprint density at radius 1 is 1.36 bits per heavy atom. The second kappa shape index (κ2) is 6.41. The van der Waals surface area contributed by atoms with E-state index in [1.54, 1.807) is 0 Å². The lowest BCUT2D eigenvalue weighted by Gasteiger charge is -2.18. The molecule has 84 valence electrons. The fourth-order valence-electron chi connectivity index (χ4n) is 1.79. The van der Waals surface area contributed by atoms with Gasteiger partial charge >= 0.3 is 0 Å². The molecule has 1 unspecified atom stereocenters. The highest BCUT2D eigenvalue weighted by Crippen LogP contribution is 2.32. The van der Waals surface area contributed by atoms with Crippen molar-refractivity contribution in [2.24, 2.45) is 5.92 Å². The molecule has 0 aromatic heterocycles. The van der Waals surface area contributed by atoms with Crippen molar-refractivity contribution in [2.45, 2.75) is 45.6 Å². The smallest absolute Gasteiger partial charge is 0.0104 e. The summed E-state index contributed by atoms with van der Waals surface area (Å²) in [5, 5.41) is 3.61. The molecule has 2 heteroatoms. The minimum atomic E-state index is 0.745. The molecule has 1 aliphatic carbocycles. The molecule has 1 aliphatic rings. The molecule has 0 spiro atoms. The van der Waals surface area contributed by atoms with Crippen LogP contribution in [-0.2, 0) is 0 Å². The van der Waals surface area contributed by atoms with Crippen molar-refractivity contribution in [1.82, 2.24) is 10.2 Å². The van der Waals surface area contributed by atoms with Gasteiger partial charge in [-0.2, -0.15) is 0 Å². The van der Waals surface area contributed by atoms with E-state index in [9.17, 15) is 0 Å². The Labute approximate surface area is 89.1 Å². The van der Waals surface area contributed by atoms with Gasteiger partial charge in [-0.3, -0.25) is 0 Å². The summed E-state index contributed by atoms with van der Waals surface area (Å²) in [7, 11) is 2.22. The van der Waals surface area contributed by atoms with Crippen LogP contribution in [0.2, 0.25) is 0 Å². The zero-order chi connectivity index (χ0) is 10.4. The van der Waals surface area contributed by atoms with Gasteiger partial charge in [0.15, 0.2) is 0 Å². The summed E-state index contributed by atoms with van der Waals surface area (Å²) < 4.78 is 0. The molecule has 1 N–H and O–H groups in total. The maximum absolute atomic E-state index is 3.61. The van der Waals surface area contributed by atoms with Crippen molar-refractivity contribution in [3.8, 4) is 0 Å². The molecule has 1 atom stereocenters. The van der Waals surface area contributed by atoms with Crippen LogP contribution in [-0.4, -0.2) is 37.6 Å². The number of nitrogens with one attached hydrogen (secondary N) is 1. The Morgan fingerprint density at radius 3 is 2.64 bits per heavy atom. The first-order valence-corrected chi connectivity index (χ1v) is 6.16. The Morgan fingerprint density at radius 2 is 2.07 bits per heavy atom. The van der Waals surface area contributed by atoms with Crippen molar-refractivity contribution in [2.75, 3.05) is 26.7 Å². The number of likely N-dealkylation sites (N-methyl/N-ethyl adjacent to an activating group) is 1. The largest absolute Gasteiger partial charge is 0.313 e. The maximum atomic E-state index is 3.61. The number of unbranched alkanes of at least 4 members (excludes halogenated alkanes) is 1. The monoisotopic (exact) mass is 198 g/mol. The van der Waals surface area contributed by atoms with Gasteiger partial charge in [-0.15, -0.1) is 0 Å². The molecule has 1 saturated carbocycles. The third kappa shape index (κ3) is 4.97. The molecule has 0 aromatic rings. The van der Waals surface area contributed by atoms with Crippen molar-refractivity contribution in [1.29, 1.82) is 0 Å². The summed E-state index contributed by atoms with van der Waals surface area (Å²) in [6.07, 6.45) is 5.52. The second-order valence-corrected chi connectivity index (χ2v) is 4.74. The average molecular weight is 198 g/mol. The SMILES string of the molecule is CCCCN(C)CCNC(C)C1CC1. The summed E-state index contributed by atoms with van der Waals surface area (Å²) in [6.45, 7) is 8.16. The van der Waals surface area contributed by atoms with E-state index >= 15 is 0 Å². The average Bonchev–Trinajstić information content (AvgIpc) is 2.97. The highest BCUT2D eigenvalue weighted by atomic mass is 15.1. The molecule has 0 bridgehead atoms. The van der Waals surface area contributed by atoms with E-state index < -0.39 is 0 Å². The zero-order valence-corrected chi connectivity index (χ0v) is 10.1. The Hall–Kier alpha value is -0.0800. The van der Waals surface area contributed by atoms with E-state index in [1.807, 2.05) is 0 Å². The fraction of sp³-hybridized carbons (Fsp3) is 1.00. The molecule has 1 fully saturated rings. The third-order valence-electron chi connectivity index (χ3n) is 3.18. The quantitative estimate of drug-likeness (QED) is 0.642. The summed E-state index contributed by atoms with van der Waals surface area (Å²) in [5.74, 6) is 0.982. The minimum Gasteiger partial charge on any atom is -0.313 e. The van der Waals surface area contributed by atoms with Crippen LogP contribution in [0.3, 0.4) is 0 Å². The predicted octanol–water partition coefficient (Wildman–Crippen LogP) is 2.11. The lowest BCUT2D eigenvalue weighted by atomic mass is 10.2. The van der Waals surface area contributed by atoms with E-state index in [4.69, 9.17) is 0 Å². The molecule has 0 aliphatic heterocycles. The Bertz CT molecular complexity index is 143. The van der Waals surface area contributed by atoms with Gasteiger partial charge in [-0.1, -0.05) is 13.3 Å². The first-order chi connectivity index (χ1) is 6.74. The maximum Gasteiger partial charge on any atom is 0.0104 e. The number of hydrogen-bond acceptors (Lipinski definition) is 2. The molecular formula is C12H26N2. The van der Waals surface area contributed by atoms with E-state index in [0.29, 0.717) is 0 Å². The highest BCUT2D eigenvalue weighted by Gasteiger charge is 2.27. The van der Waals surface area contributed by atoms with E-state index in [0.717, 1.165) is 18.5 Å². The third-order valence-corrected chi connectivity index (χ3v) is 3.18. The molecule has 1 rings (SSSR count). The minimum absolute atomic E-state index is 0.745. The molecule has 0 aromatic carbocycles. The van der Waals surface area contributed by atoms with Gasteiger partial charge in [0.05, 0.1) is 0 Å². The van der Waals surface area contributed by atoms with Crippen molar-refractivity contribution in [3.05, 3.63) is 0 Å². The van der Waals surface area contributed by atoms with Gasteiger partial charge in [0.25, 0.3) is 0 Å². The standard InChI is InChI=1S/C12H26N2/c1-4-5-9-14(3)10-8-13-11(2)12-6-7-12/h11-13H,4-10H2,1-3H3. The number of hydrogen-bond donors (Lipinski definition) is 1. The van der Waals surface area contributed by atoms with Gasteiger partial charge < -0.3 is 10.2 Å². The van der Waals surface area contributed by atoms with Gasteiger partial charge in [0, 0.05) is 19.1 Å². The Balaban J connectivity index is 1.91. The number of rotatable bonds is 8. The van der Waals surface area contributed by atoms with Crippen LogP contribution in [0.4, 0.5) is 0 Å². The van der Waals surface area contributed by atoms with Crippen LogP contribution in [0, 0.1) is 5.92 Å². The summed E-state index contributed by atoms with van der Waals surface area (Å²) >= 11 is 0.